The molecular weight excluding hydrogens is 379 g/mol. The average Bonchev–Trinajstić information content (AvgIpc) is 2.70. The third kappa shape index (κ3) is 5.14. The first-order chi connectivity index (χ1) is 13.3. The number of nitrogens with zero attached hydrogens (tertiary/aromatic N) is 1. The Hall–Kier alpha value is -3.74. The summed E-state index contributed by atoms with van der Waals surface area (Å²) >= 11 is 0. The van der Waals surface area contributed by atoms with Gasteiger partial charge in [-0.05, 0) is 24.3 Å². The molecule has 0 fully saturated rings. The van der Waals surface area contributed by atoms with Gasteiger partial charge in [0.25, 0.3) is 5.91 Å². The molecule has 0 heterocycles. The van der Waals surface area contributed by atoms with Gasteiger partial charge >= 0.3 is 0 Å². The summed E-state index contributed by atoms with van der Waals surface area (Å²) in [6.07, 6.45) is 0. The first kappa shape index (κ1) is 20.6. The Morgan fingerprint density at radius 1 is 1.07 bits per heavy atom. The van der Waals surface area contributed by atoms with E-state index in [0.717, 1.165) is 6.07 Å². The van der Waals surface area contributed by atoms with Gasteiger partial charge in [-0.15, -0.1) is 0 Å². The van der Waals surface area contributed by atoms with Crippen LogP contribution in [-0.4, -0.2) is 32.1 Å². The van der Waals surface area contributed by atoms with Gasteiger partial charge in [0.15, 0.2) is 35.6 Å². The maximum atomic E-state index is 13.5. The monoisotopic (exact) mass is 393 g/mol. The third-order valence-corrected chi connectivity index (χ3v) is 3.41. The molecule has 2 aromatic rings. The SMILES string of the molecule is COc1cc(C#N)ccc1OCC(=O)NCC(=O)Nc1ccc(F)c(F)c1F. The van der Waals surface area contributed by atoms with E-state index in [1.165, 1.54) is 25.3 Å². The van der Waals surface area contributed by atoms with Crippen LogP contribution in [0.2, 0.25) is 0 Å². The number of anilines is 1. The molecular formula is C18H14F3N3O4. The Balaban J connectivity index is 1.85. The smallest absolute Gasteiger partial charge is 0.258 e. The minimum absolute atomic E-state index is 0.213. The van der Waals surface area contributed by atoms with Crippen molar-refractivity contribution in [3.05, 3.63) is 53.3 Å². The summed E-state index contributed by atoms with van der Waals surface area (Å²) in [5, 5.41) is 13.1. The topological polar surface area (TPSA) is 100 Å². The lowest BCUT2D eigenvalue weighted by Crippen LogP contribution is -2.36. The van der Waals surface area contributed by atoms with Crippen LogP contribution in [0.3, 0.4) is 0 Å². The fourth-order valence-corrected chi connectivity index (χ4v) is 2.05. The van der Waals surface area contributed by atoms with Crippen LogP contribution >= 0.6 is 0 Å². The second-order valence-corrected chi connectivity index (χ2v) is 5.31. The largest absolute Gasteiger partial charge is 0.493 e. The zero-order valence-corrected chi connectivity index (χ0v) is 14.5. The fourth-order valence-electron chi connectivity index (χ4n) is 2.05. The minimum atomic E-state index is -1.72. The number of carbonyl (C=O) groups is 2. The van der Waals surface area contributed by atoms with Crippen LogP contribution in [-0.2, 0) is 9.59 Å². The fraction of sp³-hybridized carbons (Fsp3) is 0.167. The third-order valence-electron chi connectivity index (χ3n) is 3.41. The van der Waals surface area contributed by atoms with Gasteiger partial charge in [-0.25, -0.2) is 13.2 Å². The summed E-state index contributed by atoms with van der Waals surface area (Å²) in [5.41, 5.74) is -0.216. The quantitative estimate of drug-likeness (QED) is 0.702. The number of rotatable bonds is 7. The molecule has 2 rings (SSSR count). The number of halogens is 3. The number of nitrogens with one attached hydrogen (secondary N) is 2. The van der Waals surface area contributed by atoms with Crippen LogP contribution in [0.4, 0.5) is 18.9 Å². The summed E-state index contributed by atoms with van der Waals surface area (Å²) < 4.78 is 49.8. The van der Waals surface area contributed by atoms with E-state index in [4.69, 9.17) is 14.7 Å². The number of benzene rings is 2. The molecule has 28 heavy (non-hydrogen) atoms. The maximum Gasteiger partial charge on any atom is 0.258 e. The molecule has 0 unspecified atom stereocenters. The predicted octanol–water partition coefficient (Wildman–Crippen LogP) is 2.12. The van der Waals surface area contributed by atoms with E-state index in [2.05, 4.69) is 5.32 Å². The second kappa shape index (κ2) is 9.27. The van der Waals surface area contributed by atoms with Gasteiger partial charge in [-0.1, -0.05) is 0 Å². The number of ether oxygens (including phenoxy) is 2. The lowest BCUT2D eigenvalue weighted by atomic mass is 10.2. The van der Waals surface area contributed by atoms with Gasteiger partial charge in [-0.3, -0.25) is 9.59 Å². The van der Waals surface area contributed by atoms with Gasteiger partial charge in [0.2, 0.25) is 5.91 Å². The van der Waals surface area contributed by atoms with E-state index in [1.54, 1.807) is 0 Å². The first-order valence-electron chi connectivity index (χ1n) is 7.76. The Morgan fingerprint density at radius 3 is 2.50 bits per heavy atom. The molecule has 0 radical (unpaired) electrons. The van der Waals surface area contributed by atoms with Gasteiger partial charge in [0, 0.05) is 6.07 Å². The van der Waals surface area contributed by atoms with Gasteiger partial charge in [-0.2, -0.15) is 5.26 Å². The van der Waals surface area contributed by atoms with Gasteiger partial charge in [0.1, 0.15) is 0 Å². The highest BCUT2D eigenvalue weighted by atomic mass is 19.2. The summed E-state index contributed by atoms with van der Waals surface area (Å²) in [6.45, 7) is -1.01. The number of nitriles is 1. The molecule has 0 saturated heterocycles. The standard InChI is InChI=1S/C18H14F3N3O4/c1-27-14-6-10(7-22)2-5-13(14)28-9-16(26)23-8-15(25)24-12-4-3-11(19)17(20)18(12)21/h2-6H,8-9H2,1H3,(H,23,26)(H,24,25). The highest BCUT2D eigenvalue weighted by molar-refractivity contribution is 5.94. The second-order valence-electron chi connectivity index (χ2n) is 5.31. The normalized spacial score (nSPS) is 9.96. The zero-order chi connectivity index (χ0) is 20.7. The number of hydrogen-bond donors (Lipinski definition) is 2. The van der Waals surface area contributed by atoms with Crippen LogP contribution in [0, 0.1) is 28.8 Å². The van der Waals surface area contributed by atoms with Crippen molar-refractivity contribution in [3.8, 4) is 17.6 Å². The van der Waals surface area contributed by atoms with Crippen LogP contribution < -0.4 is 20.1 Å². The van der Waals surface area contributed by atoms with Crippen molar-refractivity contribution >= 4 is 17.5 Å². The Morgan fingerprint density at radius 2 is 1.82 bits per heavy atom. The first-order valence-corrected chi connectivity index (χ1v) is 7.76. The average molecular weight is 393 g/mol. The van der Waals surface area contributed by atoms with Crippen molar-refractivity contribution < 1.29 is 32.2 Å². The van der Waals surface area contributed by atoms with Crippen LogP contribution in [0.1, 0.15) is 5.56 Å². The van der Waals surface area contributed by atoms with E-state index in [9.17, 15) is 22.8 Å². The number of hydrogen-bond acceptors (Lipinski definition) is 5. The molecule has 0 aromatic heterocycles. The van der Waals surface area contributed by atoms with Crippen LogP contribution in [0.25, 0.3) is 0 Å². The molecule has 0 atom stereocenters. The van der Waals surface area contributed by atoms with Crippen molar-refractivity contribution in [3.63, 3.8) is 0 Å². The van der Waals surface area contributed by atoms with Crippen LogP contribution in [0.5, 0.6) is 11.5 Å². The predicted molar refractivity (Wildman–Crippen MR) is 91.2 cm³/mol. The maximum absolute atomic E-state index is 13.5. The molecule has 146 valence electrons. The van der Waals surface area contributed by atoms with E-state index in [0.29, 0.717) is 11.6 Å². The molecule has 0 saturated carbocycles. The number of amides is 2. The summed E-state index contributed by atoms with van der Waals surface area (Å²) in [4.78, 5) is 23.5. The number of carbonyl (C=O) groups excluding carboxylic acids is 2. The molecule has 2 N–H and O–H groups in total. The highest BCUT2D eigenvalue weighted by Gasteiger charge is 2.16. The van der Waals surface area contributed by atoms with Crippen molar-refractivity contribution in [2.75, 3.05) is 25.6 Å². The Kier molecular flexibility index (Phi) is 6.81. The molecule has 0 aliphatic carbocycles. The molecule has 2 amide bonds. The lowest BCUT2D eigenvalue weighted by molar-refractivity contribution is -0.125. The van der Waals surface area contributed by atoms with Crippen molar-refractivity contribution in [2.24, 2.45) is 0 Å². The Bertz CT molecular complexity index is 944. The lowest BCUT2D eigenvalue weighted by Gasteiger charge is -2.11. The molecule has 10 heteroatoms. The van der Waals surface area contributed by atoms with E-state index in [1.807, 2.05) is 11.4 Å². The van der Waals surface area contributed by atoms with Gasteiger partial charge < -0.3 is 20.1 Å². The van der Waals surface area contributed by atoms with Crippen LogP contribution in [0.15, 0.2) is 30.3 Å². The Labute approximate surface area is 157 Å². The molecule has 0 spiro atoms. The number of methoxy groups -OCH3 is 1. The molecule has 0 bridgehead atoms. The van der Waals surface area contributed by atoms with Crippen molar-refractivity contribution in [1.29, 1.82) is 5.26 Å². The van der Waals surface area contributed by atoms with E-state index < -0.39 is 48.1 Å². The molecule has 2 aromatic carbocycles. The highest BCUT2D eigenvalue weighted by Crippen LogP contribution is 2.27. The minimum Gasteiger partial charge on any atom is -0.493 e. The molecule has 0 aliphatic heterocycles. The summed E-state index contributed by atoms with van der Waals surface area (Å²) in [7, 11) is 1.37. The van der Waals surface area contributed by atoms with Crippen molar-refractivity contribution in [1.82, 2.24) is 5.32 Å². The summed E-state index contributed by atoms with van der Waals surface area (Å²) in [6, 6.07) is 7.79. The molecule has 0 aliphatic rings. The zero-order valence-electron chi connectivity index (χ0n) is 14.5. The van der Waals surface area contributed by atoms with Crippen molar-refractivity contribution in [2.45, 2.75) is 0 Å². The summed E-state index contributed by atoms with van der Waals surface area (Å²) in [5.74, 6) is -5.72. The van der Waals surface area contributed by atoms with E-state index in [-0.39, 0.29) is 11.5 Å². The van der Waals surface area contributed by atoms with E-state index >= 15 is 0 Å². The van der Waals surface area contributed by atoms with Gasteiger partial charge in [0.05, 0.1) is 31.0 Å². The molecule has 7 nitrogen and oxygen atoms in total.